The van der Waals surface area contributed by atoms with Gasteiger partial charge >= 0.3 is 0 Å². The summed E-state index contributed by atoms with van der Waals surface area (Å²) in [7, 11) is 1.76. The van der Waals surface area contributed by atoms with Gasteiger partial charge in [-0.2, -0.15) is 4.98 Å². The third kappa shape index (κ3) is 2.70. The van der Waals surface area contributed by atoms with E-state index < -0.39 is 0 Å². The van der Waals surface area contributed by atoms with Crippen molar-refractivity contribution in [2.24, 2.45) is 0 Å². The molecule has 1 aromatic carbocycles. The van der Waals surface area contributed by atoms with Crippen LogP contribution in [0.5, 0.6) is 0 Å². The number of benzene rings is 1. The third-order valence-electron chi connectivity index (χ3n) is 4.20. The van der Waals surface area contributed by atoms with Gasteiger partial charge in [-0.25, -0.2) is 15.0 Å². The summed E-state index contributed by atoms with van der Waals surface area (Å²) in [4.78, 5) is 17.9. The molecule has 0 aliphatic rings. The van der Waals surface area contributed by atoms with E-state index in [0.29, 0.717) is 11.8 Å². The molecule has 5 N–H and O–H groups in total. The van der Waals surface area contributed by atoms with Gasteiger partial charge in [0.05, 0.1) is 10.6 Å². The maximum absolute atomic E-state index is 6.10. The van der Waals surface area contributed by atoms with Crippen LogP contribution in [0.15, 0.2) is 36.7 Å². The number of anilines is 3. The number of nitrogens with one attached hydrogen (secondary N) is 1. The molecular weight excluding hydrogens is 346 g/mol. The van der Waals surface area contributed by atoms with Crippen molar-refractivity contribution in [3.05, 3.63) is 42.2 Å². The zero-order chi connectivity index (χ0) is 18.3. The van der Waals surface area contributed by atoms with Gasteiger partial charge in [-0.1, -0.05) is 6.07 Å². The minimum absolute atomic E-state index is 0.273. The molecule has 0 bridgehead atoms. The number of fused-ring (bicyclic) bond motifs is 1. The second-order valence-electron chi connectivity index (χ2n) is 5.81. The Balaban J connectivity index is 1.84. The summed E-state index contributed by atoms with van der Waals surface area (Å²) >= 11 is 1.68. The first-order valence-corrected chi connectivity index (χ1v) is 8.81. The highest BCUT2D eigenvalue weighted by molar-refractivity contribution is 7.22. The molecule has 0 amide bonds. The fourth-order valence-corrected chi connectivity index (χ4v) is 4.03. The third-order valence-corrected chi connectivity index (χ3v) is 5.49. The Hall–Kier alpha value is -3.26. The van der Waals surface area contributed by atoms with Crippen molar-refractivity contribution in [2.75, 3.05) is 23.8 Å². The monoisotopic (exact) mass is 363 g/mol. The molecule has 0 spiro atoms. The molecule has 0 unspecified atom stereocenters. The zero-order valence-electron chi connectivity index (χ0n) is 14.3. The van der Waals surface area contributed by atoms with E-state index in [1.54, 1.807) is 30.8 Å². The summed E-state index contributed by atoms with van der Waals surface area (Å²) in [5, 5.41) is 4.04. The molecule has 4 aromatic rings. The molecule has 0 aliphatic carbocycles. The first-order valence-electron chi connectivity index (χ1n) is 7.99. The van der Waals surface area contributed by atoms with Gasteiger partial charge in [0.1, 0.15) is 5.82 Å². The van der Waals surface area contributed by atoms with E-state index in [2.05, 4.69) is 44.3 Å². The molecule has 0 radical (unpaired) electrons. The van der Waals surface area contributed by atoms with Crippen LogP contribution in [0.2, 0.25) is 0 Å². The van der Waals surface area contributed by atoms with E-state index >= 15 is 0 Å². The molecule has 0 saturated heterocycles. The van der Waals surface area contributed by atoms with Crippen molar-refractivity contribution >= 4 is 39.1 Å². The van der Waals surface area contributed by atoms with Crippen LogP contribution in [0.1, 0.15) is 5.56 Å². The minimum atomic E-state index is 0.273. The lowest BCUT2D eigenvalue weighted by Crippen LogP contribution is -2.01. The van der Waals surface area contributed by atoms with Crippen LogP contribution in [0.4, 0.5) is 17.7 Å². The summed E-state index contributed by atoms with van der Waals surface area (Å²) in [6, 6.07) is 8.10. The van der Waals surface area contributed by atoms with Gasteiger partial charge in [-0.15, -0.1) is 11.3 Å². The molecule has 0 atom stereocenters. The number of hydrogen-bond donors (Lipinski definition) is 3. The summed E-state index contributed by atoms with van der Waals surface area (Å²) in [6.07, 6.45) is 3.41. The van der Waals surface area contributed by atoms with Crippen LogP contribution in [0, 0.1) is 6.92 Å². The van der Waals surface area contributed by atoms with Crippen molar-refractivity contribution < 1.29 is 0 Å². The molecule has 7 nitrogen and oxygen atoms in total. The van der Waals surface area contributed by atoms with Gasteiger partial charge in [0.15, 0.2) is 0 Å². The average molecular weight is 363 g/mol. The number of nitrogens with zero attached hydrogens (tertiary/aromatic N) is 4. The number of thiophene rings is 1. The highest BCUT2D eigenvalue weighted by Gasteiger charge is 2.14. The van der Waals surface area contributed by atoms with Gasteiger partial charge in [0.2, 0.25) is 11.9 Å². The van der Waals surface area contributed by atoms with Crippen LogP contribution < -0.4 is 16.8 Å². The van der Waals surface area contributed by atoms with E-state index in [1.807, 2.05) is 12.1 Å². The summed E-state index contributed by atoms with van der Waals surface area (Å²) < 4.78 is 1.17. The largest absolute Gasteiger partial charge is 0.383 e. The second-order valence-corrected chi connectivity index (χ2v) is 6.86. The Bertz CT molecular complexity index is 1120. The summed E-state index contributed by atoms with van der Waals surface area (Å²) in [6.45, 7) is 2.08. The Kier molecular flexibility index (Phi) is 3.89. The van der Waals surface area contributed by atoms with Crippen molar-refractivity contribution in [2.45, 2.75) is 6.92 Å². The summed E-state index contributed by atoms with van der Waals surface area (Å²) in [5.41, 5.74) is 15.6. The van der Waals surface area contributed by atoms with Crippen LogP contribution in [-0.4, -0.2) is 27.0 Å². The quantitative estimate of drug-likeness (QED) is 0.511. The van der Waals surface area contributed by atoms with E-state index in [4.69, 9.17) is 11.5 Å². The lowest BCUT2D eigenvalue weighted by molar-refractivity contribution is 1.16. The highest BCUT2D eigenvalue weighted by atomic mass is 32.1. The standard InChI is InChI=1S/C18H17N7S/c1-9-11-7-10(12-8-23-18(21-2)25-16(12)19)3-4-14(11)26-15(9)13-5-6-22-17(20)24-13/h3-8H,1-2H3,(H2,20,22,24)(H3,19,21,23,25). The number of nitrogen functional groups attached to an aromatic ring is 2. The van der Waals surface area contributed by atoms with E-state index in [1.165, 1.54) is 4.70 Å². The maximum Gasteiger partial charge on any atom is 0.224 e. The first kappa shape index (κ1) is 16.2. The topological polar surface area (TPSA) is 116 Å². The molecule has 4 rings (SSSR count). The predicted molar refractivity (Wildman–Crippen MR) is 107 cm³/mol. The summed E-state index contributed by atoms with van der Waals surface area (Å²) in [5.74, 6) is 1.22. The minimum Gasteiger partial charge on any atom is -0.383 e. The SMILES string of the molecule is CNc1ncc(-c2ccc3sc(-c4ccnc(N)n4)c(C)c3c2)c(N)n1. The lowest BCUT2D eigenvalue weighted by atomic mass is 10.0. The molecule has 130 valence electrons. The second kappa shape index (κ2) is 6.23. The maximum atomic E-state index is 6.10. The van der Waals surface area contributed by atoms with Crippen molar-refractivity contribution in [3.8, 4) is 21.7 Å². The normalized spacial score (nSPS) is 11.0. The molecule has 26 heavy (non-hydrogen) atoms. The van der Waals surface area contributed by atoms with Crippen molar-refractivity contribution in [1.29, 1.82) is 0 Å². The fourth-order valence-electron chi connectivity index (χ4n) is 2.87. The molecule has 8 heteroatoms. The number of nitrogens with two attached hydrogens (primary N) is 2. The molecular formula is C18H17N7S. The van der Waals surface area contributed by atoms with Gasteiger partial charge in [-0.3, -0.25) is 0 Å². The number of aryl methyl sites for hydroxylation is 1. The highest BCUT2D eigenvalue weighted by Crippen LogP contribution is 2.39. The van der Waals surface area contributed by atoms with Gasteiger partial charge in [-0.05, 0) is 41.6 Å². The molecule has 3 heterocycles. The number of hydrogen-bond acceptors (Lipinski definition) is 8. The Labute approximate surface area is 154 Å². The van der Waals surface area contributed by atoms with Gasteiger partial charge in [0.25, 0.3) is 0 Å². The Morgan fingerprint density at radius 3 is 2.65 bits per heavy atom. The number of aromatic nitrogens is 4. The van der Waals surface area contributed by atoms with Crippen LogP contribution >= 0.6 is 11.3 Å². The van der Waals surface area contributed by atoms with E-state index in [0.717, 1.165) is 32.6 Å². The van der Waals surface area contributed by atoms with Crippen LogP contribution in [-0.2, 0) is 0 Å². The smallest absolute Gasteiger partial charge is 0.224 e. The Morgan fingerprint density at radius 2 is 1.92 bits per heavy atom. The number of rotatable bonds is 3. The van der Waals surface area contributed by atoms with Crippen molar-refractivity contribution in [3.63, 3.8) is 0 Å². The van der Waals surface area contributed by atoms with Crippen LogP contribution in [0.25, 0.3) is 31.8 Å². The molecule has 3 aromatic heterocycles. The van der Waals surface area contributed by atoms with E-state index in [-0.39, 0.29) is 5.95 Å². The van der Waals surface area contributed by atoms with Crippen molar-refractivity contribution in [1.82, 2.24) is 19.9 Å². The van der Waals surface area contributed by atoms with Gasteiger partial charge < -0.3 is 16.8 Å². The zero-order valence-corrected chi connectivity index (χ0v) is 15.1. The fraction of sp³-hybridized carbons (Fsp3) is 0.111. The first-order chi connectivity index (χ1) is 12.6. The van der Waals surface area contributed by atoms with Crippen LogP contribution in [0.3, 0.4) is 0 Å². The van der Waals surface area contributed by atoms with Gasteiger partial charge in [0, 0.05) is 29.7 Å². The average Bonchev–Trinajstić information content (AvgIpc) is 2.98. The Morgan fingerprint density at radius 1 is 1.08 bits per heavy atom. The molecule has 0 fully saturated rings. The predicted octanol–water partition coefficient (Wildman–Crippen LogP) is 3.33. The van der Waals surface area contributed by atoms with E-state index in [9.17, 15) is 0 Å². The molecule has 0 saturated carbocycles. The molecule has 0 aliphatic heterocycles. The lowest BCUT2D eigenvalue weighted by Gasteiger charge is -2.07.